The maximum atomic E-state index is 11.8. The molecule has 2 N–H and O–H groups in total. The van der Waals surface area contributed by atoms with Gasteiger partial charge in [0.1, 0.15) is 5.15 Å². The normalized spacial score (nSPS) is 14.1. The van der Waals surface area contributed by atoms with Crippen molar-refractivity contribution < 1.29 is 14.7 Å². The van der Waals surface area contributed by atoms with E-state index in [9.17, 15) is 9.59 Å². The molecule has 1 amide bonds. The Morgan fingerprint density at radius 1 is 1.52 bits per heavy atom. The molecule has 0 aliphatic heterocycles. The standard InChI is InChI=1S/C14H20ClN3O3/c1-5-14(3,13(20)21)8-16-11(19)7-6-10-9(2)17-18(4)12(10)15/h6-7H,5,8H2,1-4H3,(H,16,19)(H,20,21)/b7-6+. The number of aryl methyl sites for hydroxylation is 2. The van der Waals surface area contributed by atoms with Gasteiger partial charge in [-0.3, -0.25) is 14.3 Å². The minimum Gasteiger partial charge on any atom is -0.481 e. The molecular formula is C14H20ClN3O3. The van der Waals surface area contributed by atoms with Gasteiger partial charge in [0.05, 0.1) is 11.1 Å². The molecule has 1 aromatic rings. The van der Waals surface area contributed by atoms with E-state index in [1.165, 1.54) is 10.8 Å². The Balaban J connectivity index is 2.70. The molecule has 1 atom stereocenters. The van der Waals surface area contributed by atoms with Crippen LogP contribution in [-0.2, 0) is 16.6 Å². The third-order valence-electron chi connectivity index (χ3n) is 3.55. The second-order valence-corrected chi connectivity index (χ2v) is 5.54. The van der Waals surface area contributed by atoms with E-state index in [1.807, 2.05) is 0 Å². The lowest BCUT2D eigenvalue weighted by atomic mass is 9.88. The molecule has 0 saturated heterocycles. The van der Waals surface area contributed by atoms with E-state index in [4.69, 9.17) is 16.7 Å². The fraction of sp³-hybridized carbons (Fsp3) is 0.500. The number of amides is 1. The summed E-state index contributed by atoms with van der Waals surface area (Å²) in [5.74, 6) is -1.30. The van der Waals surface area contributed by atoms with Crippen LogP contribution in [0.3, 0.4) is 0 Å². The predicted octanol–water partition coefficient (Wildman–Crippen LogP) is 2.01. The van der Waals surface area contributed by atoms with E-state index in [-0.39, 0.29) is 12.5 Å². The highest BCUT2D eigenvalue weighted by Gasteiger charge is 2.31. The van der Waals surface area contributed by atoms with Crippen LogP contribution in [0.15, 0.2) is 6.08 Å². The topological polar surface area (TPSA) is 84.2 Å². The highest BCUT2D eigenvalue weighted by Crippen LogP contribution is 2.21. The molecule has 0 aliphatic carbocycles. The Morgan fingerprint density at radius 2 is 2.14 bits per heavy atom. The Labute approximate surface area is 128 Å². The van der Waals surface area contributed by atoms with E-state index in [0.29, 0.717) is 17.1 Å². The maximum Gasteiger partial charge on any atom is 0.311 e. The minimum atomic E-state index is -0.967. The molecule has 6 nitrogen and oxygen atoms in total. The summed E-state index contributed by atoms with van der Waals surface area (Å²) in [5, 5.41) is 16.3. The lowest BCUT2D eigenvalue weighted by molar-refractivity contribution is -0.148. The quantitative estimate of drug-likeness (QED) is 0.787. The fourth-order valence-corrected chi connectivity index (χ4v) is 1.93. The Kier molecular flexibility index (Phi) is 5.54. The summed E-state index contributed by atoms with van der Waals surface area (Å²) in [6.07, 6.45) is 3.33. The van der Waals surface area contributed by atoms with Gasteiger partial charge in [0, 0.05) is 25.2 Å². The van der Waals surface area contributed by atoms with Crippen molar-refractivity contribution in [2.24, 2.45) is 12.5 Å². The molecule has 0 radical (unpaired) electrons. The van der Waals surface area contributed by atoms with E-state index < -0.39 is 11.4 Å². The van der Waals surface area contributed by atoms with Crippen molar-refractivity contribution in [3.05, 3.63) is 22.5 Å². The number of carbonyl (C=O) groups is 2. The molecule has 0 saturated carbocycles. The van der Waals surface area contributed by atoms with Crippen LogP contribution in [0.1, 0.15) is 31.5 Å². The van der Waals surface area contributed by atoms with Crippen molar-refractivity contribution >= 4 is 29.6 Å². The number of carbonyl (C=O) groups excluding carboxylic acids is 1. The summed E-state index contributed by atoms with van der Waals surface area (Å²) in [7, 11) is 1.71. The number of halogens is 1. The van der Waals surface area contributed by atoms with Crippen molar-refractivity contribution in [3.63, 3.8) is 0 Å². The first-order chi connectivity index (χ1) is 9.71. The van der Waals surface area contributed by atoms with Gasteiger partial charge in [-0.2, -0.15) is 5.10 Å². The van der Waals surface area contributed by atoms with Gasteiger partial charge in [-0.15, -0.1) is 0 Å². The molecule has 21 heavy (non-hydrogen) atoms. The highest BCUT2D eigenvalue weighted by atomic mass is 35.5. The number of carboxylic acid groups (broad SMARTS) is 1. The van der Waals surface area contributed by atoms with Gasteiger partial charge >= 0.3 is 5.97 Å². The number of aliphatic carboxylic acids is 1. The fourth-order valence-electron chi connectivity index (χ4n) is 1.69. The molecule has 1 rings (SSSR count). The average Bonchev–Trinajstić information content (AvgIpc) is 2.67. The molecule has 0 aliphatic rings. The summed E-state index contributed by atoms with van der Waals surface area (Å²) in [6, 6.07) is 0. The van der Waals surface area contributed by atoms with Gasteiger partial charge in [-0.25, -0.2) is 0 Å². The molecule has 0 spiro atoms. The summed E-state index contributed by atoms with van der Waals surface area (Å²) in [4.78, 5) is 22.9. The van der Waals surface area contributed by atoms with Gasteiger partial charge in [-0.1, -0.05) is 18.5 Å². The lowest BCUT2D eigenvalue weighted by Gasteiger charge is -2.22. The zero-order chi connectivity index (χ0) is 16.2. The lowest BCUT2D eigenvalue weighted by Crippen LogP contribution is -2.40. The van der Waals surface area contributed by atoms with Crippen LogP contribution in [0.25, 0.3) is 6.08 Å². The largest absolute Gasteiger partial charge is 0.481 e. The summed E-state index contributed by atoms with van der Waals surface area (Å²) in [5.41, 5.74) is 0.423. The van der Waals surface area contributed by atoms with E-state index in [1.54, 1.807) is 33.9 Å². The van der Waals surface area contributed by atoms with Crippen molar-refractivity contribution in [2.75, 3.05) is 6.54 Å². The summed E-state index contributed by atoms with van der Waals surface area (Å²) < 4.78 is 1.52. The number of nitrogens with one attached hydrogen (secondary N) is 1. The molecule has 116 valence electrons. The molecule has 1 heterocycles. The van der Waals surface area contributed by atoms with E-state index in [2.05, 4.69) is 10.4 Å². The van der Waals surface area contributed by atoms with Crippen LogP contribution >= 0.6 is 11.6 Å². The van der Waals surface area contributed by atoms with Crippen molar-refractivity contribution in [2.45, 2.75) is 27.2 Å². The number of nitrogens with zero attached hydrogens (tertiary/aromatic N) is 2. The predicted molar refractivity (Wildman–Crippen MR) is 81.0 cm³/mol. The second-order valence-electron chi connectivity index (χ2n) is 5.18. The molecule has 7 heteroatoms. The number of aromatic nitrogens is 2. The first kappa shape index (κ1) is 17.2. The first-order valence-corrected chi connectivity index (χ1v) is 6.97. The number of hydrogen-bond acceptors (Lipinski definition) is 3. The zero-order valence-electron chi connectivity index (χ0n) is 12.6. The van der Waals surface area contributed by atoms with E-state index in [0.717, 1.165) is 5.69 Å². The van der Waals surface area contributed by atoms with Crippen LogP contribution in [0.2, 0.25) is 5.15 Å². The van der Waals surface area contributed by atoms with Gasteiger partial charge in [0.25, 0.3) is 0 Å². The number of hydrogen-bond donors (Lipinski definition) is 2. The smallest absolute Gasteiger partial charge is 0.311 e. The zero-order valence-corrected chi connectivity index (χ0v) is 13.4. The number of rotatable bonds is 6. The first-order valence-electron chi connectivity index (χ1n) is 6.59. The molecule has 0 fully saturated rings. The minimum absolute atomic E-state index is 0.0712. The van der Waals surface area contributed by atoms with Crippen molar-refractivity contribution in [1.29, 1.82) is 0 Å². The molecule has 1 unspecified atom stereocenters. The summed E-state index contributed by atoms with van der Waals surface area (Å²) >= 11 is 6.05. The van der Waals surface area contributed by atoms with Crippen molar-refractivity contribution in [3.8, 4) is 0 Å². The monoisotopic (exact) mass is 313 g/mol. The second kappa shape index (κ2) is 6.76. The van der Waals surface area contributed by atoms with Gasteiger partial charge < -0.3 is 10.4 Å². The maximum absolute atomic E-state index is 11.8. The van der Waals surface area contributed by atoms with Gasteiger partial charge in [-0.05, 0) is 26.3 Å². The van der Waals surface area contributed by atoms with Gasteiger partial charge in [0.2, 0.25) is 5.91 Å². The highest BCUT2D eigenvalue weighted by molar-refractivity contribution is 6.31. The van der Waals surface area contributed by atoms with Crippen molar-refractivity contribution in [1.82, 2.24) is 15.1 Å². The third-order valence-corrected chi connectivity index (χ3v) is 4.00. The SMILES string of the molecule is CCC(C)(CNC(=O)/C=C/c1c(C)nn(C)c1Cl)C(=O)O. The van der Waals surface area contributed by atoms with Crippen LogP contribution in [0.4, 0.5) is 0 Å². The Hall–Kier alpha value is -1.82. The average molecular weight is 314 g/mol. The van der Waals surface area contributed by atoms with Crippen LogP contribution in [0.5, 0.6) is 0 Å². The van der Waals surface area contributed by atoms with Gasteiger partial charge in [0.15, 0.2) is 0 Å². The van der Waals surface area contributed by atoms with Crippen LogP contribution < -0.4 is 5.32 Å². The van der Waals surface area contributed by atoms with E-state index >= 15 is 0 Å². The Bertz CT molecular complexity index is 580. The molecule has 1 aromatic heterocycles. The molecule has 0 aromatic carbocycles. The molecular weight excluding hydrogens is 294 g/mol. The van der Waals surface area contributed by atoms with Crippen LogP contribution in [0, 0.1) is 12.3 Å². The van der Waals surface area contributed by atoms with Crippen LogP contribution in [-0.4, -0.2) is 33.3 Å². The molecule has 0 bridgehead atoms. The third kappa shape index (κ3) is 4.07. The summed E-state index contributed by atoms with van der Waals surface area (Å²) in [6.45, 7) is 5.24. The Morgan fingerprint density at radius 3 is 2.57 bits per heavy atom. The number of carboxylic acids is 1.